The molecule has 0 saturated carbocycles. The maximum absolute atomic E-state index is 12.8. The van der Waals surface area contributed by atoms with E-state index in [4.69, 9.17) is 0 Å². The normalized spacial score (nSPS) is 16.5. The average molecular weight is 372 g/mol. The van der Waals surface area contributed by atoms with E-state index in [1.165, 1.54) is 34.5 Å². The molecule has 0 spiro atoms. The van der Waals surface area contributed by atoms with Crippen molar-refractivity contribution < 1.29 is 13.2 Å². The van der Waals surface area contributed by atoms with Crippen LogP contribution in [0.4, 0.5) is 0 Å². The second-order valence-electron chi connectivity index (χ2n) is 6.75. The molecule has 0 unspecified atom stereocenters. The van der Waals surface area contributed by atoms with Gasteiger partial charge in [-0.05, 0) is 31.5 Å². The molecule has 0 aliphatic carbocycles. The Morgan fingerprint density at radius 1 is 1.00 bits per heavy atom. The van der Waals surface area contributed by atoms with Crippen LogP contribution in [0.3, 0.4) is 0 Å². The summed E-state index contributed by atoms with van der Waals surface area (Å²) in [5.74, 6) is -0.0706. The number of sulfonamides is 1. The van der Waals surface area contributed by atoms with Crippen LogP contribution in [0, 0.1) is 6.92 Å². The van der Waals surface area contributed by atoms with Crippen molar-refractivity contribution >= 4 is 15.8 Å². The second kappa shape index (κ2) is 7.70. The Labute approximate surface area is 155 Å². The molecule has 0 aromatic heterocycles. The number of piperazine rings is 1. The Kier molecular flexibility index (Phi) is 5.55. The van der Waals surface area contributed by atoms with Gasteiger partial charge in [-0.3, -0.25) is 9.69 Å². The van der Waals surface area contributed by atoms with Crippen molar-refractivity contribution in [2.75, 3.05) is 26.2 Å². The Balaban J connectivity index is 1.64. The molecule has 1 aliphatic rings. The molecule has 0 bridgehead atoms. The largest absolute Gasteiger partial charge is 0.296 e. The van der Waals surface area contributed by atoms with E-state index in [0.717, 1.165) is 6.54 Å². The smallest absolute Gasteiger partial charge is 0.243 e. The SMILES string of the molecule is CC(=O)c1ccc(S(=O)(=O)N2CCN(Cc3cccc(C)c3)CC2)cc1. The van der Waals surface area contributed by atoms with Gasteiger partial charge in [0.05, 0.1) is 4.90 Å². The van der Waals surface area contributed by atoms with E-state index in [9.17, 15) is 13.2 Å². The standard InChI is InChI=1S/C20H24N2O3S/c1-16-4-3-5-18(14-16)15-21-10-12-22(13-11-21)26(24,25)20-8-6-19(7-9-20)17(2)23/h3-9,14H,10-13,15H2,1-2H3. The minimum Gasteiger partial charge on any atom is -0.296 e. The minimum atomic E-state index is -3.51. The highest BCUT2D eigenvalue weighted by molar-refractivity contribution is 7.89. The molecule has 5 nitrogen and oxygen atoms in total. The maximum Gasteiger partial charge on any atom is 0.243 e. The van der Waals surface area contributed by atoms with Crippen molar-refractivity contribution in [1.82, 2.24) is 9.21 Å². The average Bonchev–Trinajstić information content (AvgIpc) is 2.62. The molecule has 0 amide bonds. The lowest BCUT2D eigenvalue weighted by Gasteiger charge is -2.34. The van der Waals surface area contributed by atoms with E-state index in [2.05, 4.69) is 36.1 Å². The lowest BCUT2D eigenvalue weighted by molar-refractivity contribution is 0.101. The first kappa shape index (κ1) is 18.8. The number of nitrogens with zero attached hydrogens (tertiary/aromatic N) is 2. The number of carbonyl (C=O) groups excluding carboxylic acids is 1. The monoisotopic (exact) mass is 372 g/mol. The van der Waals surface area contributed by atoms with Gasteiger partial charge >= 0.3 is 0 Å². The summed E-state index contributed by atoms with van der Waals surface area (Å²) in [6, 6.07) is 14.6. The van der Waals surface area contributed by atoms with Gasteiger partial charge in [-0.15, -0.1) is 0 Å². The summed E-state index contributed by atoms with van der Waals surface area (Å²) in [5.41, 5.74) is 3.01. The molecule has 1 fully saturated rings. The molecule has 1 heterocycles. The number of aryl methyl sites for hydroxylation is 1. The summed E-state index contributed by atoms with van der Waals surface area (Å²) in [7, 11) is -3.51. The third kappa shape index (κ3) is 4.20. The third-order valence-corrected chi connectivity index (χ3v) is 6.63. The molecule has 1 aliphatic heterocycles. The van der Waals surface area contributed by atoms with Gasteiger partial charge in [0.15, 0.2) is 5.78 Å². The fraction of sp³-hybridized carbons (Fsp3) is 0.350. The summed E-state index contributed by atoms with van der Waals surface area (Å²) in [4.78, 5) is 13.9. The van der Waals surface area contributed by atoms with E-state index in [-0.39, 0.29) is 10.7 Å². The molecule has 3 rings (SSSR count). The van der Waals surface area contributed by atoms with Gasteiger partial charge < -0.3 is 0 Å². The van der Waals surface area contributed by atoms with Crippen molar-refractivity contribution in [3.8, 4) is 0 Å². The van der Waals surface area contributed by atoms with E-state index >= 15 is 0 Å². The van der Waals surface area contributed by atoms with Crippen molar-refractivity contribution in [1.29, 1.82) is 0 Å². The lowest BCUT2D eigenvalue weighted by atomic mass is 10.1. The van der Waals surface area contributed by atoms with Crippen molar-refractivity contribution in [3.63, 3.8) is 0 Å². The number of carbonyl (C=O) groups is 1. The van der Waals surface area contributed by atoms with Crippen LogP contribution < -0.4 is 0 Å². The summed E-state index contributed by atoms with van der Waals surface area (Å²) in [5, 5.41) is 0. The van der Waals surface area contributed by atoms with Crippen LogP contribution in [-0.2, 0) is 16.6 Å². The number of rotatable bonds is 5. The highest BCUT2D eigenvalue weighted by Crippen LogP contribution is 2.19. The van der Waals surface area contributed by atoms with Gasteiger partial charge in [0.1, 0.15) is 0 Å². The molecule has 1 saturated heterocycles. The number of ketones is 1. The number of hydrogen-bond donors (Lipinski definition) is 0. The van der Waals surface area contributed by atoms with Crippen LogP contribution in [0.15, 0.2) is 53.4 Å². The van der Waals surface area contributed by atoms with E-state index in [1.807, 2.05) is 0 Å². The van der Waals surface area contributed by atoms with E-state index in [0.29, 0.717) is 31.7 Å². The summed E-state index contributed by atoms with van der Waals surface area (Å²) in [6.45, 7) is 6.74. The van der Waals surface area contributed by atoms with Crippen LogP contribution in [0.1, 0.15) is 28.4 Å². The van der Waals surface area contributed by atoms with Gasteiger partial charge in [-0.25, -0.2) is 8.42 Å². The molecular weight excluding hydrogens is 348 g/mol. The van der Waals surface area contributed by atoms with E-state index in [1.54, 1.807) is 12.1 Å². The van der Waals surface area contributed by atoms with Crippen LogP contribution in [0.2, 0.25) is 0 Å². The third-order valence-electron chi connectivity index (χ3n) is 4.72. The Hall–Kier alpha value is -2.02. The van der Waals surface area contributed by atoms with Crippen molar-refractivity contribution in [3.05, 3.63) is 65.2 Å². The quantitative estimate of drug-likeness (QED) is 0.757. The number of Topliss-reactive ketones (excluding diaryl/α,β-unsaturated/α-hetero) is 1. The first-order valence-electron chi connectivity index (χ1n) is 8.75. The van der Waals surface area contributed by atoms with Crippen molar-refractivity contribution in [2.45, 2.75) is 25.3 Å². The number of hydrogen-bond acceptors (Lipinski definition) is 4. The maximum atomic E-state index is 12.8. The highest BCUT2D eigenvalue weighted by Gasteiger charge is 2.28. The van der Waals surface area contributed by atoms with Crippen LogP contribution in [-0.4, -0.2) is 49.6 Å². The zero-order chi connectivity index (χ0) is 18.7. The zero-order valence-electron chi connectivity index (χ0n) is 15.2. The molecule has 0 radical (unpaired) electrons. The summed E-state index contributed by atoms with van der Waals surface area (Å²) in [6.07, 6.45) is 0. The Morgan fingerprint density at radius 3 is 2.23 bits per heavy atom. The molecule has 26 heavy (non-hydrogen) atoms. The van der Waals surface area contributed by atoms with Gasteiger partial charge in [0.25, 0.3) is 0 Å². The topological polar surface area (TPSA) is 57.7 Å². The first-order chi connectivity index (χ1) is 12.4. The fourth-order valence-corrected chi connectivity index (χ4v) is 4.63. The minimum absolute atomic E-state index is 0.0706. The lowest BCUT2D eigenvalue weighted by Crippen LogP contribution is -2.48. The van der Waals surface area contributed by atoms with Crippen molar-refractivity contribution in [2.24, 2.45) is 0 Å². The van der Waals surface area contributed by atoms with Gasteiger partial charge in [0.2, 0.25) is 10.0 Å². The predicted molar refractivity (Wildman–Crippen MR) is 102 cm³/mol. The molecule has 6 heteroatoms. The first-order valence-corrected chi connectivity index (χ1v) is 10.2. The Morgan fingerprint density at radius 2 is 1.65 bits per heavy atom. The molecule has 2 aromatic carbocycles. The molecule has 138 valence electrons. The van der Waals surface area contributed by atoms with Crippen LogP contribution >= 0.6 is 0 Å². The predicted octanol–water partition coefficient (Wildman–Crippen LogP) is 2.70. The Bertz CT molecular complexity index is 884. The second-order valence-corrected chi connectivity index (χ2v) is 8.69. The number of benzene rings is 2. The van der Waals surface area contributed by atoms with Gasteiger partial charge in [-0.1, -0.05) is 42.0 Å². The summed E-state index contributed by atoms with van der Waals surface area (Å²) < 4.78 is 27.1. The zero-order valence-corrected chi connectivity index (χ0v) is 16.0. The molecule has 0 N–H and O–H groups in total. The van der Waals surface area contributed by atoms with E-state index < -0.39 is 10.0 Å². The van der Waals surface area contributed by atoms with Crippen LogP contribution in [0.25, 0.3) is 0 Å². The molecule has 0 atom stereocenters. The van der Waals surface area contributed by atoms with Gasteiger partial charge in [0, 0.05) is 38.3 Å². The van der Waals surface area contributed by atoms with Crippen LogP contribution in [0.5, 0.6) is 0 Å². The van der Waals surface area contributed by atoms with Gasteiger partial charge in [-0.2, -0.15) is 4.31 Å². The molecular formula is C20H24N2O3S. The molecule has 2 aromatic rings. The fourth-order valence-electron chi connectivity index (χ4n) is 3.21. The highest BCUT2D eigenvalue weighted by atomic mass is 32.2. The summed E-state index contributed by atoms with van der Waals surface area (Å²) >= 11 is 0.